The van der Waals surface area contributed by atoms with Gasteiger partial charge in [-0.3, -0.25) is 4.79 Å². The number of piperidine rings is 1. The van der Waals surface area contributed by atoms with Crippen LogP contribution in [-0.4, -0.2) is 38.2 Å². The first-order valence-corrected chi connectivity index (χ1v) is 3.98. The van der Waals surface area contributed by atoms with Crippen LogP contribution in [0.1, 0.15) is 19.3 Å². The maximum Gasteiger partial charge on any atom is 0.323 e. The van der Waals surface area contributed by atoms with Gasteiger partial charge in [-0.15, -0.1) is 5.06 Å². The van der Waals surface area contributed by atoms with Crippen molar-refractivity contribution in [1.29, 1.82) is 0 Å². The largest absolute Gasteiger partial charge is 0.480 e. The molecule has 0 aromatic heterocycles. The number of carbonyl (C=O) groups is 1. The minimum atomic E-state index is -1.27. The summed E-state index contributed by atoms with van der Waals surface area (Å²) in [4.78, 5) is 10.6. The van der Waals surface area contributed by atoms with Crippen molar-refractivity contribution in [2.45, 2.75) is 31.0 Å². The molecule has 12 heavy (non-hydrogen) atoms. The molecule has 1 saturated carbocycles. The Balaban J connectivity index is 2.26. The quantitative estimate of drug-likeness (QED) is 0.504. The monoisotopic (exact) mass is 173 g/mol. The number of hydrogen-bond acceptors (Lipinski definition) is 4. The van der Waals surface area contributed by atoms with Crippen molar-refractivity contribution in [3.63, 3.8) is 0 Å². The molecule has 5 nitrogen and oxygen atoms in total. The first-order valence-electron chi connectivity index (χ1n) is 3.98. The lowest BCUT2D eigenvalue weighted by molar-refractivity contribution is -0.265. The van der Waals surface area contributed by atoms with Crippen LogP contribution in [0.5, 0.6) is 0 Å². The molecule has 5 heteroatoms. The predicted molar refractivity (Wildman–Crippen MR) is 37.3 cm³/mol. The number of carboxylic acid groups (broad SMARTS) is 1. The lowest BCUT2D eigenvalue weighted by Crippen LogP contribution is -2.50. The fourth-order valence-corrected chi connectivity index (χ4v) is 2.28. The van der Waals surface area contributed by atoms with Gasteiger partial charge in [-0.25, -0.2) is 0 Å². The third-order valence-corrected chi connectivity index (χ3v) is 2.89. The topological polar surface area (TPSA) is 81.0 Å². The van der Waals surface area contributed by atoms with Crippen LogP contribution in [0.2, 0.25) is 0 Å². The third-order valence-electron chi connectivity index (χ3n) is 2.89. The summed E-state index contributed by atoms with van der Waals surface area (Å²) in [5.74, 6) is -1.16. The molecule has 0 spiro atoms. The summed E-state index contributed by atoms with van der Waals surface area (Å²) >= 11 is 0. The van der Waals surface area contributed by atoms with E-state index in [0.717, 1.165) is 0 Å². The normalized spacial score (nSPS) is 46.8. The summed E-state index contributed by atoms with van der Waals surface area (Å²) in [6, 6.07) is -0.913. The number of rotatable bonds is 1. The van der Waals surface area contributed by atoms with E-state index in [1.165, 1.54) is 0 Å². The average molecular weight is 173 g/mol. The van der Waals surface area contributed by atoms with Crippen molar-refractivity contribution in [3.8, 4) is 0 Å². The van der Waals surface area contributed by atoms with Crippen molar-refractivity contribution >= 4 is 5.97 Å². The van der Waals surface area contributed by atoms with Gasteiger partial charge in [0, 0.05) is 0 Å². The van der Waals surface area contributed by atoms with E-state index in [-0.39, 0.29) is 5.92 Å². The van der Waals surface area contributed by atoms with E-state index in [1.54, 1.807) is 0 Å². The van der Waals surface area contributed by atoms with E-state index in [1.807, 2.05) is 0 Å². The van der Waals surface area contributed by atoms with E-state index in [2.05, 4.69) is 0 Å². The highest BCUT2D eigenvalue weighted by atomic mass is 16.6. The molecule has 2 rings (SSSR count). The standard InChI is InChI=1S/C7H11NO4/c9-6(10)5-4-1-2-7(11,3-4)8(5)12/h4-5,11-12H,1-3H2,(H,9,10). The second-order valence-corrected chi connectivity index (χ2v) is 3.61. The molecular weight excluding hydrogens is 162 g/mol. The Morgan fingerprint density at radius 2 is 2.25 bits per heavy atom. The molecule has 1 aliphatic carbocycles. The van der Waals surface area contributed by atoms with Gasteiger partial charge < -0.3 is 15.4 Å². The van der Waals surface area contributed by atoms with Crippen LogP contribution in [0.3, 0.4) is 0 Å². The van der Waals surface area contributed by atoms with Gasteiger partial charge >= 0.3 is 5.97 Å². The van der Waals surface area contributed by atoms with Crippen LogP contribution in [0.15, 0.2) is 0 Å². The highest BCUT2D eigenvalue weighted by Gasteiger charge is 2.58. The van der Waals surface area contributed by atoms with Gasteiger partial charge in [-0.05, 0) is 25.2 Å². The van der Waals surface area contributed by atoms with Crippen LogP contribution < -0.4 is 0 Å². The van der Waals surface area contributed by atoms with Gasteiger partial charge in [-0.2, -0.15) is 0 Å². The number of carboxylic acids is 1. The SMILES string of the molecule is O=C(O)C1C2CCC(O)(C2)N1O. The first-order chi connectivity index (χ1) is 5.54. The zero-order valence-electron chi connectivity index (χ0n) is 6.47. The molecule has 68 valence electrons. The van der Waals surface area contributed by atoms with Crippen LogP contribution in [0.25, 0.3) is 0 Å². The molecule has 3 atom stereocenters. The molecule has 1 saturated heterocycles. The molecule has 2 fully saturated rings. The zero-order chi connectivity index (χ0) is 8.93. The van der Waals surface area contributed by atoms with Gasteiger partial charge in [0.1, 0.15) is 11.8 Å². The van der Waals surface area contributed by atoms with E-state index >= 15 is 0 Å². The Morgan fingerprint density at radius 1 is 1.58 bits per heavy atom. The summed E-state index contributed by atoms with van der Waals surface area (Å²) in [5, 5.41) is 28.3. The molecule has 1 aliphatic heterocycles. The molecule has 0 aromatic rings. The summed E-state index contributed by atoms with van der Waals surface area (Å²) in [6.45, 7) is 0. The molecule has 0 amide bonds. The molecule has 1 heterocycles. The second kappa shape index (κ2) is 2.18. The van der Waals surface area contributed by atoms with Crippen molar-refractivity contribution in [3.05, 3.63) is 0 Å². The minimum Gasteiger partial charge on any atom is -0.480 e. The van der Waals surface area contributed by atoms with Gasteiger partial charge in [-0.1, -0.05) is 0 Å². The highest BCUT2D eigenvalue weighted by Crippen LogP contribution is 2.47. The van der Waals surface area contributed by atoms with Crippen LogP contribution in [-0.2, 0) is 4.79 Å². The zero-order valence-corrected chi connectivity index (χ0v) is 6.47. The summed E-state index contributed by atoms with van der Waals surface area (Å²) in [7, 11) is 0. The molecule has 0 aromatic carbocycles. The Hall–Kier alpha value is -0.650. The molecule has 2 bridgehead atoms. The van der Waals surface area contributed by atoms with Crippen LogP contribution >= 0.6 is 0 Å². The molecule has 2 aliphatic rings. The fourth-order valence-electron chi connectivity index (χ4n) is 2.28. The molecule has 3 unspecified atom stereocenters. The van der Waals surface area contributed by atoms with Gasteiger partial charge in [0.05, 0.1) is 0 Å². The average Bonchev–Trinajstić information content (AvgIpc) is 2.41. The second-order valence-electron chi connectivity index (χ2n) is 3.61. The van der Waals surface area contributed by atoms with Crippen molar-refractivity contribution in [1.82, 2.24) is 5.06 Å². The minimum absolute atomic E-state index is 0.0995. The molecular formula is C7H11NO4. The van der Waals surface area contributed by atoms with E-state index < -0.39 is 17.7 Å². The lowest BCUT2D eigenvalue weighted by atomic mass is 10.0. The Kier molecular flexibility index (Phi) is 1.45. The maximum absolute atomic E-state index is 10.6. The Morgan fingerprint density at radius 3 is 2.58 bits per heavy atom. The smallest absolute Gasteiger partial charge is 0.323 e. The fraction of sp³-hybridized carbons (Fsp3) is 0.857. The van der Waals surface area contributed by atoms with Crippen molar-refractivity contribution < 1.29 is 20.2 Å². The lowest BCUT2D eigenvalue weighted by Gasteiger charge is -2.32. The van der Waals surface area contributed by atoms with E-state index in [9.17, 15) is 15.1 Å². The van der Waals surface area contributed by atoms with E-state index in [0.29, 0.717) is 24.3 Å². The summed E-state index contributed by atoms with van der Waals surface area (Å²) in [5.41, 5.74) is -1.27. The van der Waals surface area contributed by atoms with Gasteiger partial charge in [0.15, 0.2) is 0 Å². The number of fused-ring (bicyclic) bond motifs is 2. The predicted octanol–water partition coefficient (Wildman–Crippen LogP) is -0.367. The van der Waals surface area contributed by atoms with Crippen molar-refractivity contribution in [2.75, 3.05) is 0 Å². The Bertz CT molecular complexity index is 231. The highest BCUT2D eigenvalue weighted by molar-refractivity contribution is 5.74. The van der Waals surface area contributed by atoms with Gasteiger partial charge in [0.25, 0.3) is 0 Å². The number of hydroxylamine groups is 2. The van der Waals surface area contributed by atoms with Crippen LogP contribution in [0.4, 0.5) is 0 Å². The van der Waals surface area contributed by atoms with E-state index in [4.69, 9.17) is 5.11 Å². The van der Waals surface area contributed by atoms with Crippen LogP contribution in [0, 0.1) is 5.92 Å². The Labute approximate surface area is 69.2 Å². The summed E-state index contributed by atoms with van der Waals surface area (Å²) in [6.07, 6.45) is 1.53. The number of aliphatic carboxylic acids is 1. The number of nitrogens with zero attached hydrogens (tertiary/aromatic N) is 1. The maximum atomic E-state index is 10.6. The summed E-state index contributed by atoms with van der Waals surface area (Å²) < 4.78 is 0. The first kappa shape index (κ1) is 7.97. The number of hydrogen-bond donors (Lipinski definition) is 3. The third kappa shape index (κ3) is 0.811. The van der Waals surface area contributed by atoms with Gasteiger partial charge in [0.2, 0.25) is 0 Å². The molecule has 3 N–H and O–H groups in total. The van der Waals surface area contributed by atoms with Crippen molar-refractivity contribution in [2.24, 2.45) is 5.92 Å². The molecule has 0 radical (unpaired) electrons. The number of aliphatic hydroxyl groups is 1.